The number of hydrogen-bond acceptors (Lipinski definition) is 4. The number of oxazole rings is 1. The van der Waals surface area contributed by atoms with Crippen LogP contribution < -0.4 is 4.74 Å². The third-order valence-corrected chi connectivity index (χ3v) is 4.25. The van der Waals surface area contributed by atoms with Gasteiger partial charge in [0.1, 0.15) is 18.2 Å². The number of benzene rings is 2. The fourth-order valence-corrected chi connectivity index (χ4v) is 2.90. The molecule has 158 valence electrons. The molecule has 0 amide bonds. The molecule has 0 atom stereocenters. The molecule has 0 bridgehead atoms. The summed E-state index contributed by atoms with van der Waals surface area (Å²) in [6.07, 6.45) is -4.94. The van der Waals surface area contributed by atoms with Gasteiger partial charge in [0.2, 0.25) is 5.89 Å². The summed E-state index contributed by atoms with van der Waals surface area (Å²) in [6, 6.07) is 7.50. The van der Waals surface area contributed by atoms with Crippen molar-refractivity contribution in [3.63, 3.8) is 0 Å². The average Bonchev–Trinajstić information content (AvgIpc) is 2.98. The maximum absolute atomic E-state index is 13.8. The van der Waals surface area contributed by atoms with Crippen molar-refractivity contribution in [1.82, 2.24) is 4.98 Å². The van der Waals surface area contributed by atoms with Crippen molar-refractivity contribution in [3.8, 4) is 17.2 Å². The molecule has 1 N–H and O–H groups in total. The second-order valence-electron chi connectivity index (χ2n) is 6.73. The van der Waals surface area contributed by atoms with Gasteiger partial charge in [-0.3, -0.25) is 4.79 Å². The smallest absolute Gasteiger partial charge is 0.419 e. The van der Waals surface area contributed by atoms with Gasteiger partial charge in [-0.2, -0.15) is 13.2 Å². The van der Waals surface area contributed by atoms with E-state index in [1.807, 2.05) is 0 Å². The minimum Gasteiger partial charge on any atom is -0.486 e. The van der Waals surface area contributed by atoms with Gasteiger partial charge in [-0.1, -0.05) is 6.07 Å². The molecule has 3 rings (SSSR count). The number of ether oxygens (including phenoxy) is 1. The van der Waals surface area contributed by atoms with Crippen molar-refractivity contribution in [3.05, 3.63) is 70.4 Å². The number of nitrogens with zero attached hydrogens (tertiary/aromatic N) is 1. The molecule has 0 fully saturated rings. The first-order valence-corrected chi connectivity index (χ1v) is 8.81. The highest BCUT2D eigenvalue weighted by atomic mass is 19.4. The summed E-state index contributed by atoms with van der Waals surface area (Å²) < 4.78 is 63.2. The highest BCUT2D eigenvalue weighted by molar-refractivity contribution is 5.70. The number of aliphatic carboxylic acids is 1. The van der Waals surface area contributed by atoms with Crippen LogP contribution in [-0.4, -0.2) is 16.1 Å². The molecule has 0 aliphatic heterocycles. The van der Waals surface area contributed by atoms with E-state index in [0.29, 0.717) is 28.8 Å². The van der Waals surface area contributed by atoms with E-state index in [1.54, 1.807) is 32.0 Å². The highest BCUT2D eigenvalue weighted by Crippen LogP contribution is 2.33. The van der Waals surface area contributed by atoms with Crippen LogP contribution in [0.3, 0.4) is 0 Å². The largest absolute Gasteiger partial charge is 0.486 e. The molecule has 5 nitrogen and oxygen atoms in total. The summed E-state index contributed by atoms with van der Waals surface area (Å²) in [4.78, 5) is 15.0. The lowest BCUT2D eigenvalue weighted by molar-refractivity contribution is -0.140. The molecular weight excluding hydrogens is 406 g/mol. The van der Waals surface area contributed by atoms with E-state index in [1.165, 1.54) is 0 Å². The molecule has 0 spiro atoms. The Labute approximate surface area is 168 Å². The third kappa shape index (κ3) is 4.97. The van der Waals surface area contributed by atoms with Crippen molar-refractivity contribution in [1.29, 1.82) is 0 Å². The zero-order valence-electron chi connectivity index (χ0n) is 16.0. The highest BCUT2D eigenvalue weighted by Gasteiger charge is 2.34. The number of halogens is 4. The molecule has 0 saturated heterocycles. The van der Waals surface area contributed by atoms with Gasteiger partial charge in [-0.15, -0.1) is 0 Å². The van der Waals surface area contributed by atoms with Gasteiger partial charge in [-0.25, -0.2) is 9.37 Å². The van der Waals surface area contributed by atoms with Crippen molar-refractivity contribution in [2.45, 2.75) is 33.1 Å². The summed E-state index contributed by atoms with van der Waals surface area (Å²) in [5, 5.41) is 8.93. The SMILES string of the molecule is Cc1cc(CC(=O)O)cc(OCc2oc(-c3ccc(C(F)(F)F)c(F)c3)nc2C)c1. The zero-order valence-corrected chi connectivity index (χ0v) is 16.0. The van der Waals surface area contributed by atoms with Crippen LogP contribution in [0, 0.1) is 19.7 Å². The van der Waals surface area contributed by atoms with Crippen LogP contribution in [-0.2, 0) is 24.0 Å². The third-order valence-electron chi connectivity index (χ3n) is 4.25. The molecule has 30 heavy (non-hydrogen) atoms. The minimum absolute atomic E-state index is 0.0328. The normalized spacial score (nSPS) is 11.5. The van der Waals surface area contributed by atoms with Gasteiger partial charge in [0, 0.05) is 5.56 Å². The van der Waals surface area contributed by atoms with Crippen molar-refractivity contribution < 1.29 is 36.6 Å². The van der Waals surface area contributed by atoms with Gasteiger partial charge in [-0.05, 0) is 55.3 Å². The topological polar surface area (TPSA) is 72.6 Å². The first-order valence-electron chi connectivity index (χ1n) is 8.81. The molecule has 0 aliphatic carbocycles. The van der Waals surface area contributed by atoms with Crippen LogP contribution in [0.15, 0.2) is 40.8 Å². The summed E-state index contributed by atoms with van der Waals surface area (Å²) in [7, 11) is 0. The maximum Gasteiger partial charge on any atom is 0.419 e. The number of alkyl halides is 3. The van der Waals surface area contributed by atoms with Crippen molar-refractivity contribution >= 4 is 5.97 Å². The second-order valence-corrected chi connectivity index (χ2v) is 6.73. The van der Waals surface area contributed by atoms with Crippen LogP contribution in [0.4, 0.5) is 17.6 Å². The number of rotatable bonds is 6. The van der Waals surface area contributed by atoms with E-state index >= 15 is 0 Å². The van der Waals surface area contributed by atoms with E-state index < -0.39 is 23.5 Å². The van der Waals surface area contributed by atoms with Gasteiger partial charge < -0.3 is 14.3 Å². The molecular formula is C21H17F4NO4. The van der Waals surface area contributed by atoms with E-state index in [0.717, 1.165) is 17.7 Å². The van der Waals surface area contributed by atoms with Crippen LogP contribution >= 0.6 is 0 Å². The molecule has 9 heteroatoms. The Kier molecular flexibility index (Phi) is 5.82. The molecule has 0 unspecified atom stereocenters. The first kappa shape index (κ1) is 21.4. The lowest BCUT2D eigenvalue weighted by Gasteiger charge is -2.08. The van der Waals surface area contributed by atoms with Crippen molar-refractivity contribution in [2.75, 3.05) is 0 Å². The quantitative estimate of drug-likeness (QED) is 0.543. The van der Waals surface area contributed by atoms with Crippen LogP contribution in [0.5, 0.6) is 5.75 Å². The van der Waals surface area contributed by atoms with E-state index in [9.17, 15) is 22.4 Å². The lowest BCUT2D eigenvalue weighted by atomic mass is 10.1. The van der Waals surface area contributed by atoms with Gasteiger partial charge in [0.15, 0.2) is 5.76 Å². The van der Waals surface area contributed by atoms with E-state index in [2.05, 4.69) is 4.98 Å². The average molecular weight is 423 g/mol. The molecule has 0 radical (unpaired) electrons. The number of carbonyl (C=O) groups is 1. The molecule has 2 aromatic carbocycles. The Morgan fingerprint density at radius 1 is 1.17 bits per heavy atom. The predicted molar refractivity (Wildman–Crippen MR) is 98.5 cm³/mol. The first-order chi connectivity index (χ1) is 14.0. The lowest BCUT2D eigenvalue weighted by Crippen LogP contribution is -2.07. The van der Waals surface area contributed by atoms with Gasteiger partial charge in [0.05, 0.1) is 17.7 Å². The number of carboxylic acid groups (broad SMARTS) is 1. The molecule has 0 saturated carbocycles. The monoisotopic (exact) mass is 423 g/mol. The fraction of sp³-hybridized carbons (Fsp3) is 0.238. The Morgan fingerprint density at radius 2 is 1.90 bits per heavy atom. The Morgan fingerprint density at radius 3 is 2.53 bits per heavy atom. The summed E-state index contributed by atoms with van der Waals surface area (Å²) >= 11 is 0. The summed E-state index contributed by atoms with van der Waals surface area (Å²) in [6.45, 7) is 3.38. The fourth-order valence-electron chi connectivity index (χ4n) is 2.90. The minimum atomic E-state index is -4.79. The number of aromatic nitrogens is 1. The van der Waals surface area contributed by atoms with E-state index in [-0.39, 0.29) is 24.5 Å². The number of carboxylic acids is 1. The summed E-state index contributed by atoms with van der Waals surface area (Å²) in [5.74, 6) is -1.67. The zero-order chi connectivity index (χ0) is 22.1. The standard InChI is InChI=1S/C21H17F4NO4/c1-11-5-13(8-19(27)28)7-15(6-11)29-10-18-12(2)26-20(30-18)14-3-4-16(17(22)9-14)21(23,24)25/h3-7,9H,8,10H2,1-2H3,(H,27,28). The number of hydrogen-bond donors (Lipinski definition) is 1. The van der Waals surface area contributed by atoms with Crippen LogP contribution in [0.25, 0.3) is 11.5 Å². The molecule has 1 aromatic heterocycles. The van der Waals surface area contributed by atoms with Crippen LogP contribution in [0.2, 0.25) is 0 Å². The van der Waals surface area contributed by atoms with Crippen molar-refractivity contribution in [2.24, 2.45) is 0 Å². The molecule has 0 aliphatic rings. The van der Waals surface area contributed by atoms with Gasteiger partial charge >= 0.3 is 12.1 Å². The van der Waals surface area contributed by atoms with Gasteiger partial charge in [0.25, 0.3) is 0 Å². The Bertz CT molecular complexity index is 1090. The molecule has 1 heterocycles. The second kappa shape index (κ2) is 8.17. The Hall–Kier alpha value is -3.36. The Balaban J connectivity index is 1.78. The van der Waals surface area contributed by atoms with Crippen LogP contribution in [0.1, 0.15) is 28.1 Å². The molecule has 3 aromatic rings. The maximum atomic E-state index is 13.8. The summed E-state index contributed by atoms with van der Waals surface area (Å²) in [5.41, 5.74) is 0.527. The number of aryl methyl sites for hydroxylation is 2. The van der Waals surface area contributed by atoms with E-state index in [4.69, 9.17) is 14.3 Å². The predicted octanol–water partition coefficient (Wildman–Crippen LogP) is 5.32.